The molecule has 6 nitrogen and oxygen atoms in total. The molecule has 1 amide bonds. The monoisotopic (exact) mass is 446 g/mol. The number of nitrogens with one attached hydrogen (secondary N) is 2. The lowest BCUT2D eigenvalue weighted by molar-refractivity contribution is -0.120. The van der Waals surface area contributed by atoms with Crippen molar-refractivity contribution >= 4 is 17.3 Å². The standard InChI is InChI=1S/C26H27FN4O2/c1-31-14-2-3-16-6-11-20(15-23(16)31)28-25(32)18-7-12-21-22(13-8-18)29-24(30-26(21)33)17-4-9-19(27)10-5-17/h4-6,9-11,15,18H,2-3,7-8,12-14H2,1H3,(H,28,32)(H,29,30,33). The first-order chi connectivity index (χ1) is 16.0. The summed E-state index contributed by atoms with van der Waals surface area (Å²) < 4.78 is 13.3. The van der Waals surface area contributed by atoms with Crippen LogP contribution >= 0.6 is 0 Å². The van der Waals surface area contributed by atoms with Gasteiger partial charge in [0.2, 0.25) is 5.91 Å². The maximum Gasteiger partial charge on any atom is 0.254 e. The molecule has 7 heteroatoms. The van der Waals surface area contributed by atoms with Crippen LogP contribution in [0.15, 0.2) is 47.3 Å². The van der Waals surface area contributed by atoms with Crippen molar-refractivity contribution in [2.24, 2.45) is 5.92 Å². The maximum absolute atomic E-state index is 13.3. The number of rotatable bonds is 3. The van der Waals surface area contributed by atoms with Crippen LogP contribution in [0.4, 0.5) is 15.8 Å². The Bertz CT molecular complexity index is 1250. The highest BCUT2D eigenvalue weighted by Crippen LogP contribution is 2.30. The molecular weight excluding hydrogens is 419 g/mol. The molecule has 2 heterocycles. The highest BCUT2D eigenvalue weighted by atomic mass is 19.1. The van der Waals surface area contributed by atoms with Gasteiger partial charge < -0.3 is 15.2 Å². The molecule has 2 aromatic carbocycles. The van der Waals surface area contributed by atoms with Crippen molar-refractivity contribution in [3.63, 3.8) is 0 Å². The van der Waals surface area contributed by atoms with E-state index in [-0.39, 0.29) is 23.2 Å². The number of H-pyrrole nitrogens is 1. The zero-order chi connectivity index (χ0) is 22.9. The van der Waals surface area contributed by atoms with E-state index in [9.17, 15) is 14.0 Å². The van der Waals surface area contributed by atoms with E-state index in [4.69, 9.17) is 0 Å². The summed E-state index contributed by atoms with van der Waals surface area (Å²) in [6, 6.07) is 12.0. The van der Waals surface area contributed by atoms with E-state index >= 15 is 0 Å². The van der Waals surface area contributed by atoms with Gasteiger partial charge in [-0.15, -0.1) is 0 Å². The predicted octanol–water partition coefficient (Wildman–Crippen LogP) is 4.09. The average molecular weight is 447 g/mol. The van der Waals surface area contributed by atoms with Gasteiger partial charge in [0.05, 0.1) is 5.69 Å². The molecule has 3 aromatic rings. The number of carbonyl (C=O) groups excluding carboxylic acids is 1. The molecule has 1 aliphatic heterocycles. The third kappa shape index (κ3) is 4.40. The summed E-state index contributed by atoms with van der Waals surface area (Å²) in [4.78, 5) is 35.5. The van der Waals surface area contributed by atoms with Crippen LogP contribution in [0.5, 0.6) is 0 Å². The number of fused-ring (bicyclic) bond motifs is 2. The molecule has 1 aliphatic carbocycles. The van der Waals surface area contributed by atoms with E-state index in [1.807, 2.05) is 6.07 Å². The van der Waals surface area contributed by atoms with Gasteiger partial charge in [0, 0.05) is 42.0 Å². The molecule has 1 aromatic heterocycles. The number of amides is 1. The third-order valence-corrected chi connectivity index (χ3v) is 6.77. The molecule has 0 fully saturated rings. The lowest BCUT2D eigenvalue weighted by atomic mass is 9.98. The van der Waals surface area contributed by atoms with Gasteiger partial charge in [-0.05, 0) is 80.5 Å². The van der Waals surface area contributed by atoms with Crippen LogP contribution in [-0.4, -0.2) is 29.5 Å². The van der Waals surface area contributed by atoms with Gasteiger partial charge in [-0.25, -0.2) is 9.37 Å². The molecular formula is C26H27FN4O2. The second-order valence-corrected chi connectivity index (χ2v) is 8.98. The van der Waals surface area contributed by atoms with Crippen LogP contribution in [0, 0.1) is 11.7 Å². The predicted molar refractivity (Wildman–Crippen MR) is 127 cm³/mol. The quantitative estimate of drug-likeness (QED) is 0.594. The summed E-state index contributed by atoms with van der Waals surface area (Å²) in [6.45, 7) is 1.02. The molecule has 0 bridgehead atoms. The largest absolute Gasteiger partial charge is 0.374 e. The Kier molecular flexibility index (Phi) is 5.70. The molecule has 0 saturated heterocycles. The number of anilines is 2. The highest BCUT2D eigenvalue weighted by Gasteiger charge is 2.26. The van der Waals surface area contributed by atoms with Gasteiger partial charge in [-0.1, -0.05) is 6.07 Å². The molecule has 5 rings (SSSR count). The van der Waals surface area contributed by atoms with Gasteiger partial charge in [0.1, 0.15) is 11.6 Å². The molecule has 170 valence electrons. The lowest BCUT2D eigenvalue weighted by Crippen LogP contribution is -2.26. The number of aryl methyl sites for hydroxylation is 2. The molecule has 2 N–H and O–H groups in total. The van der Waals surface area contributed by atoms with Crippen molar-refractivity contribution in [2.75, 3.05) is 23.8 Å². The van der Waals surface area contributed by atoms with Gasteiger partial charge in [0.15, 0.2) is 0 Å². The zero-order valence-electron chi connectivity index (χ0n) is 18.7. The Morgan fingerprint density at radius 1 is 1.12 bits per heavy atom. The van der Waals surface area contributed by atoms with Crippen LogP contribution in [0.2, 0.25) is 0 Å². The molecule has 1 unspecified atom stereocenters. The van der Waals surface area contributed by atoms with E-state index in [1.165, 1.54) is 23.4 Å². The number of aromatic nitrogens is 2. The van der Waals surface area contributed by atoms with Crippen molar-refractivity contribution in [1.82, 2.24) is 9.97 Å². The SMILES string of the molecule is CN1CCCc2ccc(NC(=O)C3CCc4nc(-c5ccc(F)cc5)[nH]c(=O)c4CC3)cc21. The first-order valence-electron chi connectivity index (χ1n) is 11.5. The highest BCUT2D eigenvalue weighted by molar-refractivity contribution is 5.93. The van der Waals surface area contributed by atoms with Gasteiger partial charge in [0.25, 0.3) is 5.56 Å². The second kappa shape index (κ2) is 8.81. The Balaban J connectivity index is 1.31. The Hall–Kier alpha value is -3.48. The minimum absolute atomic E-state index is 0.0172. The number of hydrogen-bond donors (Lipinski definition) is 2. The minimum atomic E-state index is -0.338. The first-order valence-corrected chi connectivity index (χ1v) is 11.5. The van der Waals surface area contributed by atoms with Crippen LogP contribution in [0.25, 0.3) is 11.4 Å². The molecule has 0 spiro atoms. The summed E-state index contributed by atoms with van der Waals surface area (Å²) in [6.07, 6.45) is 4.50. The summed E-state index contributed by atoms with van der Waals surface area (Å²) in [5.41, 5.74) is 5.15. The maximum atomic E-state index is 13.3. The third-order valence-electron chi connectivity index (χ3n) is 6.77. The van der Waals surface area contributed by atoms with E-state index in [1.54, 1.807) is 12.1 Å². The number of hydrogen-bond acceptors (Lipinski definition) is 4. The van der Waals surface area contributed by atoms with Crippen LogP contribution in [0.3, 0.4) is 0 Å². The van der Waals surface area contributed by atoms with Crippen molar-refractivity contribution in [2.45, 2.75) is 38.5 Å². The minimum Gasteiger partial charge on any atom is -0.374 e. The van der Waals surface area contributed by atoms with Crippen LogP contribution in [-0.2, 0) is 24.1 Å². The molecule has 33 heavy (non-hydrogen) atoms. The van der Waals surface area contributed by atoms with Crippen molar-refractivity contribution in [3.8, 4) is 11.4 Å². The Morgan fingerprint density at radius 3 is 2.73 bits per heavy atom. The summed E-state index contributed by atoms with van der Waals surface area (Å²) in [5, 5.41) is 3.09. The number of benzene rings is 2. The first kappa shape index (κ1) is 21.4. The number of halogens is 1. The van der Waals surface area contributed by atoms with E-state index in [0.29, 0.717) is 42.6 Å². The summed E-state index contributed by atoms with van der Waals surface area (Å²) >= 11 is 0. The number of aromatic amines is 1. The topological polar surface area (TPSA) is 78.1 Å². The van der Waals surface area contributed by atoms with E-state index < -0.39 is 0 Å². The average Bonchev–Trinajstić information content (AvgIpc) is 3.03. The Labute approximate surface area is 191 Å². The fourth-order valence-corrected chi connectivity index (χ4v) is 4.87. The van der Waals surface area contributed by atoms with Gasteiger partial charge in [-0.3, -0.25) is 9.59 Å². The normalized spacial score (nSPS) is 17.6. The van der Waals surface area contributed by atoms with E-state index in [0.717, 1.165) is 30.8 Å². The molecule has 2 aliphatic rings. The smallest absolute Gasteiger partial charge is 0.254 e. The number of carbonyl (C=O) groups is 1. The summed E-state index contributed by atoms with van der Waals surface area (Å²) in [5.74, 6) is -0.117. The molecule has 0 saturated carbocycles. The van der Waals surface area contributed by atoms with Gasteiger partial charge >= 0.3 is 0 Å². The van der Waals surface area contributed by atoms with Gasteiger partial charge in [-0.2, -0.15) is 0 Å². The fourth-order valence-electron chi connectivity index (χ4n) is 4.87. The van der Waals surface area contributed by atoms with Crippen molar-refractivity contribution in [3.05, 3.63) is 75.5 Å². The Morgan fingerprint density at radius 2 is 1.91 bits per heavy atom. The lowest BCUT2D eigenvalue weighted by Gasteiger charge is -2.28. The van der Waals surface area contributed by atoms with Crippen LogP contribution < -0.4 is 15.8 Å². The van der Waals surface area contributed by atoms with E-state index in [2.05, 4.69) is 39.4 Å². The van der Waals surface area contributed by atoms with Crippen LogP contribution in [0.1, 0.15) is 36.1 Å². The summed E-state index contributed by atoms with van der Waals surface area (Å²) in [7, 11) is 2.08. The zero-order valence-corrected chi connectivity index (χ0v) is 18.7. The van der Waals surface area contributed by atoms with Crippen molar-refractivity contribution in [1.29, 1.82) is 0 Å². The van der Waals surface area contributed by atoms with Crippen molar-refractivity contribution < 1.29 is 9.18 Å². The number of nitrogens with zero attached hydrogens (tertiary/aromatic N) is 2. The molecule has 0 radical (unpaired) electrons. The fraction of sp³-hybridized carbons (Fsp3) is 0.346. The molecule has 1 atom stereocenters. The second-order valence-electron chi connectivity index (χ2n) is 8.98.